The van der Waals surface area contributed by atoms with Crippen molar-refractivity contribution in [3.8, 4) is 16.9 Å². The second-order valence-corrected chi connectivity index (χ2v) is 11.1. The van der Waals surface area contributed by atoms with E-state index >= 15 is 0 Å². The van der Waals surface area contributed by atoms with Crippen molar-refractivity contribution in [1.82, 2.24) is 0 Å². The number of ether oxygens (including phenoxy) is 2. The van der Waals surface area contributed by atoms with Gasteiger partial charge in [0.25, 0.3) is 0 Å². The van der Waals surface area contributed by atoms with Crippen LogP contribution in [0.3, 0.4) is 0 Å². The van der Waals surface area contributed by atoms with E-state index in [1.165, 1.54) is 67.7 Å². The molecular weight excluding hydrogens is 484 g/mol. The Morgan fingerprint density at radius 3 is 2.46 bits per heavy atom. The molecule has 1 aliphatic carbocycles. The zero-order valence-corrected chi connectivity index (χ0v) is 23.7. The van der Waals surface area contributed by atoms with Crippen LogP contribution in [0, 0.1) is 5.92 Å². The number of esters is 1. The monoisotopic (exact) mass is 528 g/mol. The van der Waals surface area contributed by atoms with E-state index in [0.29, 0.717) is 23.7 Å². The Balaban J connectivity index is 1.50. The molecule has 1 fully saturated rings. The van der Waals surface area contributed by atoms with E-state index in [1.54, 1.807) is 6.92 Å². The summed E-state index contributed by atoms with van der Waals surface area (Å²) < 4.78 is 11.0. The SMILES string of the molecule is C=C(C)C(=O)OCCc1cc(OCCO)ccc1-c1ccc2cc(C3CCC(CCCCC)CC3)ccc2c1. The largest absolute Gasteiger partial charge is 0.491 e. The highest BCUT2D eigenvalue weighted by Gasteiger charge is 2.22. The molecule has 3 aromatic rings. The molecule has 0 unspecified atom stereocenters. The maximum Gasteiger partial charge on any atom is 0.333 e. The Morgan fingerprint density at radius 1 is 0.949 bits per heavy atom. The summed E-state index contributed by atoms with van der Waals surface area (Å²) in [7, 11) is 0. The zero-order chi connectivity index (χ0) is 27.6. The minimum absolute atomic E-state index is 0.0413. The number of aliphatic hydroxyl groups excluding tert-OH is 1. The van der Waals surface area contributed by atoms with Gasteiger partial charge in [-0.2, -0.15) is 0 Å². The summed E-state index contributed by atoms with van der Waals surface area (Å²) in [6.45, 7) is 8.05. The van der Waals surface area contributed by atoms with Gasteiger partial charge in [0, 0.05) is 12.0 Å². The first-order chi connectivity index (χ1) is 19.0. The van der Waals surface area contributed by atoms with Crippen molar-refractivity contribution in [3.05, 3.63) is 77.9 Å². The number of benzene rings is 3. The lowest BCUT2D eigenvalue weighted by Gasteiger charge is -2.29. The predicted molar refractivity (Wildman–Crippen MR) is 160 cm³/mol. The molecule has 1 aliphatic rings. The van der Waals surface area contributed by atoms with E-state index in [-0.39, 0.29) is 25.8 Å². The normalized spacial score (nSPS) is 17.2. The number of hydrogen-bond acceptors (Lipinski definition) is 4. The molecule has 0 heterocycles. The third-order valence-electron chi connectivity index (χ3n) is 8.10. The smallest absolute Gasteiger partial charge is 0.333 e. The van der Waals surface area contributed by atoms with Gasteiger partial charge in [-0.15, -0.1) is 0 Å². The fourth-order valence-electron chi connectivity index (χ4n) is 5.84. The first-order valence-electron chi connectivity index (χ1n) is 14.7. The molecule has 0 aromatic heterocycles. The lowest BCUT2D eigenvalue weighted by Crippen LogP contribution is -2.13. The molecule has 0 atom stereocenters. The van der Waals surface area contributed by atoms with Gasteiger partial charge in [0.05, 0.1) is 13.2 Å². The first-order valence-corrected chi connectivity index (χ1v) is 14.7. The van der Waals surface area contributed by atoms with E-state index < -0.39 is 0 Å². The van der Waals surface area contributed by atoms with Crippen LogP contribution in [0.2, 0.25) is 0 Å². The Hall–Kier alpha value is -3.11. The van der Waals surface area contributed by atoms with Gasteiger partial charge in [0.2, 0.25) is 0 Å². The van der Waals surface area contributed by atoms with Crippen LogP contribution in [0.5, 0.6) is 5.75 Å². The van der Waals surface area contributed by atoms with Crippen molar-refractivity contribution >= 4 is 16.7 Å². The number of carbonyl (C=O) groups excluding carboxylic acids is 1. The molecule has 0 bridgehead atoms. The van der Waals surface area contributed by atoms with Crippen molar-refractivity contribution in [2.75, 3.05) is 19.8 Å². The summed E-state index contributed by atoms with van der Waals surface area (Å²) in [5, 5.41) is 11.7. The lowest BCUT2D eigenvalue weighted by molar-refractivity contribution is -0.138. The topological polar surface area (TPSA) is 55.8 Å². The van der Waals surface area contributed by atoms with Gasteiger partial charge in [0.1, 0.15) is 12.4 Å². The first kappa shape index (κ1) is 28.9. The number of aliphatic hydroxyl groups is 1. The molecule has 0 radical (unpaired) electrons. The van der Waals surface area contributed by atoms with Crippen molar-refractivity contribution in [2.45, 2.75) is 77.6 Å². The number of hydrogen-bond donors (Lipinski definition) is 1. The molecule has 3 aromatic carbocycles. The van der Waals surface area contributed by atoms with E-state index in [1.807, 2.05) is 12.1 Å². The van der Waals surface area contributed by atoms with Crippen LogP contribution >= 0.6 is 0 Å². The van der Waals surface area contributed by atoms with Crippen molar-refractivity contribution < 1.29 is 19.4 Å². The van der Waals surface area contributed by atoms with Gasteiger partial charge in [-0.25, -0.2) is 4.79 Å². The predicted octanol–water partition coefficient (Wildman–Crippen LogP) is 8.39. The molecule has 0 saturated heterocycles. The van der Waals surface area contributed by atoms with Gasteiger partial charge in [-0.1, -0.05) is 75.6 Å². The highest BCUT2D eigenvalue weighted by atomic mass is 16.5. The van der Waals surface area contributed by atoms with Gasteiger partial charge in [0.15, 0.2) is 0 Å². The second kappa shape index (κ2) is 14.3. The average molecular weight is 529 g/mol. The standard InChI is InChI=1S/C35H44O4/c1-4-5-6-7-26-8-10-27(11-9-26)28-12-13-30-23-31(15-14-29(30)22-28)34-17-16-33(38-21-19-36)24-32(34)18-20-39-35(37)25(2)3/h12-17,22-24,26-27,36H,2,4-11,18-21H2,1,3H3. The van der Waals surface area contributed by atoms with Gasteiger partial charge < -0.3 is 14.6 Å². The number of unbranched alkanes of at least 4 members (excludes halogenated alkanes) is 2. The summed E-state index contributed by atoms with van der Waals surface area (Å²) in [4.78, 5) is 11.9. The zero-order valence-electron chi connectivity index (χ0n) is 23.7. The van der Waals surface area contributed by atoms with Gasteiger partial charge in [-0.3, -0.25) is 0 Å². The molecule has 208 valence electrons. The molecule has 4 rings (SSSR count). The molecule has 39 heavy (non-hydrogen) atoms. The fraction of sp³-hybridized carbons (Fsp3) is 0.457. The molecule has 4 heteroatoms. The minimum atomic E-state index is -0.379. The number of fused-ring (bicyclic) bond motifs is 1. The minimum Gasteiger partial charge on any atom is -0.491 e. The molecule has 0 amide bonds. The van der Waals surface area contributed by atoms with E-state index in [9.17, 15) is 4.79 Å². The van der Waals surface area contributed by atoms with Crippen molar-refractivity contribution in [2.24, 2.45) is 5.92 Å². The summed E-state index contributed by atoms with van der Waals surface area (Å²) in [5.74, 6) is 1.92. The summed E-state index contributed by atoms with van der Waals surface area (Å²) in [6.07, 6.45) is 11.4. The van der Waals surface area contributed by atoms with Crippen LogP contribution in [0.4, 0.5) is 0 Å². The van der Waals surface area contributed by atoms with E-state index in [2.05, 4.69) is 56.0 Å². The van der Waals surface area contributed by atoms with Crippen LogP contribution in [0.15, 0.2) is 66.7 Å². The molecule has 0 aliphatic heterocycles. The Kier molecular flexibility index (Phi) is 10.6. The molecule has 1 N–H and O–H groups in total. The van der Waals surface area contributed by atoms with Crippen LogP contribution < -0.4 is 4.74 Å². The Labute approximate surface area is 234 Å². The molecule has 0 spiro atoms. The van der Waals surface area contributed by atoms with Crippen LogP contribution in [-0.2, 0) is 16.0 Å². The fourth-order valence-corrected chi connectivity index (χ4v) is 5.84. The van der Waals surface area contributed by atoms with Gasteiger partial charge >= 0.3 is 5.97 Å². The summed E-state index contributed by atoms with van der Waals surface area (Å²) in [6, 6.07) is 19.6. The number of rotatable bonds is 13. The lowest BCUT2D eigenvalue weighted by atomic mass is 9.76. The Morgan fingerprint density at radius 2 is 1.72 bits per heavy atom. The highest BCUT2D eigenvalue weighted by molar-refractivity contribution is 5.89. The van der Waals surface area contributed by atoms with E-state index in [0.717, 1.165) is 22.6 Å². The third kappa shape index (κ3) is 7.95. The van der Waals surface area contributed by atoms with Crippen LogP contribution in [-0.4, -0.2) is 30.9 Å². The molecular formula is C35H44O4. The molecule has 1 saturated carbocycles. The maximum absolute atomic E-state index is 11.9. The summed E-state index contributed by atoms with van der Waals surface area (Å²) >= 11 is 0. The third-order valence-corrected chi connectivity index (χ3v) is 8.10. The second-order valence-electron chi connectivity index (χ2n) is 11.1. The quantitative estimate of drug-likeness (QED) is 0.137. The summed E-state index contributed by atoms with van der Waals surface area (Å²) in [5.41, 5.74) is 5.12. The average Bonchev–Trinajstić information content (AvgIpc) is 2.96. The van der Waals surface area contributed by atoms with Crippen LogP contribution in [0.1, 0.15) is 82.3 Å². The Bertz CT molecular complexity index is 1250. The van der Waals surface area contributed by atoms with Crippen molar-refractivity contribution in [1.29, 1.82) is 0 Å². The van der Waals surface area contributed by atoms with Gasteiger partial charge in [-0.05, 0) is 95.7 Å². The molecule has 4 nitrogen and oxygen atoms in total. The van der Waals surface area contributed by atoms with E-state index in [4.69, 9.17) is 14.6 Å². The van der Waals surface area contributed by atoms with Crippen molar-refractivity contribution in [3.63, 3.8) is 0 Å². The maximum atomic E-state index is 11.9. The highest BCUT2D eigenvalue weighted by Crippen LogP contribution is 2.39. The van der Waals surface area contributed by atoms with Crippen LogP contribution in [0.25, 0.3) is 21.9 Å². The number of carbonyl (C=O) groups is 1.